The number of aromatic nitrogens is 1. The molecule has 0 atom stereocenters. The molecule has 0 bridgehead atoms. The zero-order chi connectivity index (χ0) is 20.2. The molecular weight excluding hydrogens is 362 g/mol. The van der Waals surface area contributed by atoms with E-state index in [9.17, 15) is 9.59 Å². The van der Waals surface area contributed by atoms with E-state index in [1.807, 2.05) is 78.6 Å². The Morgan fingerprint density at radius 3 is 2.17 bits per heavy atom. The van der Waals surface area contributed by atoms with E-state index < -0.39 is 0 Å². The number of carbonyl (C=O) groups is 2. The Kier molecular flexibility index (Phi) is 5.20. The Hall–Kier alpha value is -3.73. The van der Waals surface area contributed by atoms with Gasteiger partial charge in [0.25, 0.3) is 11.8 Å². The highest BCUT2D eigenvalue weighted by atomic mass is 16.2. The van der Waals surface area contributed by atoms with E-state index in [4.69, 9.17) is 0 Å². The molecule has 0 saturated carbocycles. The van der Waals surface area contributed by atoms with Crippen LogP contribution < -0.4 is 4.90 Å². The fourth-order valence-electron chi connectivity index (χ4n) is 3.57. The van der Waals surface area contributed by atoms with Gasteiger partial charge in [-0.25, -0.2) is 0 Å². The minimum absolute atomic E-state index is 0.192. The number of hydrogen-bond acceptors (Lipinski definition) is 4. The van der Waals surface area contributed by atoms with Crippen LogP contribution in [-0.4, -0.2) is 28.2 Å². The number of pyridine rings is 1. The molecule has 0 fully saturated rings. The molecule has 5 nitrogen and oxygen atoms in total. The monoisotopic (exact) mass is 383 g/mol. The van der Waals surface area contributed by atoms with Crippen molar-refractivity contribution < 1.29 is 9.59 Å². The van der Waals surface area contributed by atoms with Crippen molar-refractivity contribution in [1.82, 2.24) is 9.88 Å². The smallest absolute Gasteiger partial charge is 0.278 e. The topological polar surface area (TPSA) is 53.5 Å². The fraction of sp³-hybridized carbons (Fsp3) is 0.125. The Morgan fingerprint density at radius 1 is 0.862 bits per heavy atom. The zero-order valence-electron chi connectivity index (χ0n) is 16.2. The van der Waals surface area contributed by atoms with Crippen LogP contribution in [0.15, 0.2) is 90.9 Å². The number of likely N-dealkylation sites (N-methyl/N-ethyl adjacent to an activating group) is 1. The quantitative estimate of drug-likeness (QED) is 0.606. The molecule has 1 aliphatic heterocycles. The van der Waals surface area contributed by atoms with E-state index >= 15 is 0 Å². The van der Waals surface area contributed by atoms with Crippen molar-refractivity contribution in [1.29, 1.82) is 0 Å². The molecule has 2 amide bonds. The van der Waals surface area contributed by atoms with E-state index in [1.54, 1.807) is 18.5 Å². The average Bonchev–Trinajstić information content (AvgIpc) is 3.01. The summed E-state index contributed by atoms with van der Waals surface area (Å²) in [5.74, 6) is -0.571. The highest BCUT2D eigenvalue weighted by Gasteiger charge is 2.41. The van der Waals surface area contributed by atoms with Crippen LogP contribution in [0.25, 0.3) is 5.57 Å². The lowest BCUT2D eigenvalue weighted by atomic mass is 10.0. The number of benzene rings is 2. The van der Waals surface area contributed by atoms with Gasteiger partial charge < -0.3 is 4.90 Å². The van der Waals surface area contributed by atoms with Crippen molar-refractivity contribution in [2.24, 2.45) is 0 Å². The first-order valence-corrected chi connectivity index (χ1v) is 9.58. The zero-order valence-corrected chi connectivity index (χ0v) is 16.2. The van der Waals surface area contributed by atoms with Crippen LogP contribution in [0, 0.1) is 0 Å². The van der Waals surface area contributed by atoms with Gasteiger partial charge in [-0.05, 0) is 36.2 Å². The molecule has 1 aromatic heterocycles. The molecule has 0 radical (unpaired) electrons. The molecule has 0 spiro atoms. The van der Waals surface area contributed by atoms with Crippen LogP contribution in [0.5, 0.6) is 0 Å². The summed E-state index contributed by atoms with van der Waals surface area (Å²) in [5, 5.41) is 0. The second kappa shape index (κ2) is 8.10. The third kappa shape index (κ3) is 3.55. The maximum absolute atomic E-state index is 13.5. The largest absolute Gasteiger partial charge is 0.337 e. The molecule has 1 aliphatic rings. The van der Waals surface area contributed by atoms with Gasteiger partial charge in [-0.15, -0.1) is 0 Å². The Morgan fingerprint density at radius 2 is 1.55 bits per heavy atom. The summed E-state index contributed by atoms with van der Waals surface area (Å²) in [5.41, 5.74) is 3.28. The van der Waals surface area contributed by atoms with Crippen LogP contribution in [0.3, 0.4) is 0 Å². The highest BCUT2D eigenvalue weighted by Crippen LogP contribution is 2.34. The van der Waals surface area contributed by atoms with Crippen molar-refractivity contribution >= 4 is 23.1 Å². The normalized spacial score (nSPS) is 13.9. The van der Waals surface area contributed by atoms with Crippen molar-refractivity contribution in [2.45, 2.75) is 13.5 Å². The third-order valence-electron chi connectivity index (χ3n) is 4.92. The van der Waals surface area contributed by atoms with Gasteiger partial charge in [-0.1, -0.05) is 54.6 Å². The molecule has 3 aromatic rings. The van der Waals surface area contributed by atoms with Gasteiger partial charge in [0.2, 0.25) is 0 Å². The Balaban J connectivity index is 1.82. The lowest BCUT2D eigenvalue weighted by Gasteiger charge is -2.25. The number of para-hydroxylation sites is 1. The second-order valence-electron chi connectivity index (χ2n) is 6.73. The summed E-state index contributed by atoms with van der Waals surface area (Å²) >= 11 is 0. The minimum atomic E-state index is -0.289. The van der Waals surface area contributed by atoms with Crippen LogP contribution in [0.4, 0.5) is 5.69 Å². The SMILES string of the molecule is CCN(C1=C(c2ccccc2)C(=O)N(Cc2cccnc2)C1=O)c1ccccc1. The van der Waals surface area contributed by atoms with E-state index in [0.717, 1.165) is 16.8 Å². The van der Waals surface area contributed by atoms with Crippen molar-refractivity contribution in [3.8, 4) is 0 Å². The Labute approximate surface area is 169 Å². The average molecular weight is 383 g/mol. The molecule has 5 heteroatoms. The number of carbonyl (C=O) groups excluding carboxylic acids is 2. The van der Waals surface area contributed by atoms with Crippen molar-refractivity contribution in [3.63, 3.8) is 0 Å². The number of anilines is 1. The van der Waals surface area contributed by atoms with E-state index in [0.29, 0.717) is 17.8 Å². The number of amides is 2. The highest BCUT2D eigenvalue weighted by molar-refractivity contribution is 6.36. The number of rotatable bonds is 6. The molecule has 0 unspecified atom stereocenters. The minimum Gasteiger partial charge on any atom is -0.337 e. The van der Waals surface area contributed by atoms with Gasteiger partial charge in [0, 0.05) is 24.6 Å². The summed E-state index contributed by atoms with van der Waals surface area (Å²) in [6.07, 6.45) is 3.35. The molecule has 0 saturated heterocycles. The summed E-state index contributed by atoms with van der Waals surface area (Å²) in [6, 6.07) is 22.7. The number of nitrogens with zero attached hydrogens (tertiary/aromatic N) is 3. The summed E-state index contributed by atoms with van der Waals surface area (Å²) in [4.78, 5) is 34.2. The lowest BCUT2D eigenvalue weighted by Crippen LogP contribution is -2.34. The lowest BCUT2D eigenvalue weighted by molar-refractivity contribution is -0.137. The molecule has 0 N–H and O–H groups in total. The molecule has 29 heavy (non-hydrogen) atoms. The molecule has 2 heterocycles. The van der Waals surface area contributed by atoms with Crippen molar-refractivity contribution in [2.75, 3.05) is 11.4 Å². The van der Waals surface area contributed by atoms with Gasteiger partial charge in [0.05, 0.1) is 12.1 Å². The van der Waals surface area contributed by atoms with Gasteiger partial charge >= 0.3 is 0 Å². The van der Waals surface area contributed by atoms with Crippen LogP contribution >= 0.6 is 0 Å². The molecule has 0 aliphatic carbocycles. The van der Waals surface area contributed by atoms with Crippen molar-refractivity contribution in [3.05, 3.63) is 102 Å². The predicted octanol–water partition coefficient (Wildman–Crippen LogP) is 3.89. The third-order valence-corrected chi connectivity index (χ3v) is 4.92. The molecule has 2 aromatic carbocycles. The van der Waals surface area contributed by atoms with Gasteiger partial charge in [0.1, 0.15) is 5.70 Å². The van der Waals surface area contributed by atoms with E-state index in [1.165, 1.54) is 4.90 Å². The Bertz CT molecular complexity index is 1050. The van der Waals surface area contributed by atoms with Crippen LogP contribution in [0.2, 0.25) is 0 Å². The summed E-state index contributed by atoms with van der Waals surface area (Å²) < 4.78 is 0. The standard InChI is InChI=1S/C24H21N3O2/c1-2-26(20-13-7-4-8-14-20)22-21(19-11-5-3-6-12-19)23(28)27(24(22)29)17-18-10-9-15-25-16-18/h3-16H,2,17H2,1H3. The molecule has 144 valence electrons. The molecular formula is C24H21N3O2. The maximum atomic E-state index is 13.5. The first kappa shape index (κ1) is 18.6. The first-order valence-electron chi connectivity index (χ1n) is 9.58. The molecule has 4 rings (SSSR count). The number of hydrogen-bond donors (Lipinski definition) is 0. The van der Waals surface area contributed by atoms with Gasteiger partial charge in [0.15, 0.2) is 0 Å². The first-order chi connectivity index (χ1) is 14.2. The predicted molar refractivity (Wildman–Crippen MR) is 113 cm³/mol. The van der Waals surface area contributed by atoms with E-state index in [-0.39, 0.29) is 18.4 Å². The van der Waals surface area contributed by atoms with Gasteiger partial charge in [-0.3, -0.25) is 19.5 Å². The summed E-state index contributed by atoms with van der Waals surface area (Å²) in [6.45, 7) is 2.73. The number of imide groups is 1. The maximum Gasteiger partial charge on any atom is 0.278 e. The second-order valence-corrected chi connectivity index (χ2v) is 6.73. The fourth-order valence-corrected chi connectivity index (χ4v) is 3.57. The van der Waals surface area contributed by atoms with Gasteiger partial charge in [-0.2, -0.15) is 0 Å². The van der Waals surface area contributed by atoms with E-state index in [2.05, 4.69) is 4.98 Å². The summed E-state index contributed by atoms with van der Waals surface area (Å²) in [7, 11) is 0. The van der Waals surface area contributed by atoms with Crippen LogP contribution in [-0.2, 0) is 16.1 Å². The van der Waals surface area contributed by atoms with Crippen LogP contribution in [0.1, 0.15) is 18.1 Å².